The van der Waals surface area contributed by atoms with Crippen LogP contribution in [0.15, 0.2) is 30.3 Å². The average Bonchev–Trinajstić information content (AvgIpc) is 3.18. The summed E-state index contributed by atoms with van der Waals surface area (Å²) in [6.45, 7) is 3.97. The molecule has 0 radical (unpaired) electrons. The van der Waals surface area contributed by atoms with Gasteiger partial charge in [0.15, 0.2) is 0 Å². The topological polar surface area (TPSA) is 43.9 Å². The average molecular weight is 384 g/mol. The first-order valence-corrected chi connectivity index (χ1v) is 11.1. The molecule has 152 valence electrons. The molecule has 5 heteroatoms. The van der Waals surface area contributed by atoms with Crippen LogP contribution in [0.3, 0.4) is 0 Å². The van der Waals surface area contributed by atoms with E-state index in [9.17, 15) is 9.59 Å². The molecule has 2 atom stereocenters. The molecule has 28 heavy (non-hydrogen) atoms. The highest BCUT2D eigenvalue weighted by Crippen LogP contribution is 2.33. The van der Waals surface area contributed by atoms with Crippen molar-refractivity contribution in [1.29, 1.82) is 0 Å². The van der Waals surface area contributed by atoms with Crippen molar-refractivity contribution in [2.75, 3.05) is 32.7 Å². The number of hydrogen-bond acceptors (Lipinski definition) is 2. The van der Waals surface area contributed by atoms with Crippen LogP contribution in [-0.4, -0.2) is 59.4 Å². The lowest BCUT2D eigenvalue weighted by Gasteiger charge is -2.38. The zero-order valence-corrected chi connectivity index (χ0v) is 16.9. The molecule has 3 amide bonds. The first-order chi connectivity index (χ1) is 13.7. The second kappa shape index (κ2) is 8.97. The molecular weight excluding hydrogens is 350 g/mol. The summed E-state index contributed by atoms with van der Waals surface area (Å²) in [5.74, 6) is 0.208. The first-order valence-electron chi connectivity index (χ1n) is 11.1. The number of likely N-dealkylation sites (tertiary alicyclic amines) is 3. The van der Waals surface area contributed by atoms with Crippen LogP contribution in [0.2, 0.25) is 0 Å². The number of hydrogen-bond donors (Lipinski definition) is 0. The molecule has 0 aromatic heterocycles. The number of piperidine rings is 1. The van der Waals surface area contributed by atoms with Crippen LogP contribution in [0.4, 0.5) is 4.79 Å². The molecular formula is C23H33N3O2. The molecule has 4 rings (SSSR count). The molecule has 0 aliphatic carbocycles. The summed E-state index contributed by atoms with van der Waals surface area (Å²) in [5, 5.41) is 0. The molecule has 3 fully saturated rings. The first kappa shape index (κ1) is 19.3. The van der Waals surface area contributed by atoms with E-state index in [1.165, 1.54) is 18.4 Å². The Labute approximate surface area is 168 Å². The summed E-state index contributed by atoms with van der Waals surface area (Å²) >= 11 is 0. The number of nitrogens with zero attached hydrogens (tertiary/aromatic N) is 3. The number of urea groups is 1. The minimum atomic E-state index is -0.0513. The van der Waals surface area contributed by atoms with Crippen LogP contribution in [0.1, 0.15) is 63.0 Å². The fourth-order valence-electron chi connectivity index (χ4n) is 5.09. The van der Waals surface area contributed by atoms with Crippen LogP contribution < -0.4 is 0 Å². The normalized spacial score (nSPS) is 26.2. The summed E-state index contributed by atoms with van der Waals surface area (Å²) in [5.41, 5.74) is 1.25. The van der Waals surface area contributed by atoms with Gasteiger partial charge in [-0.25, -0.2) is 4.79 Å². The molecule has 3 aliphatic heterocycles. The number of carbonyl (C=O) groups excluding carboxylic acids is 2. The zero-order chi connectivity index (χ0) is 19.3. The van der Waals surface area contributed by atoms with Crippen molar-refractivity contribution in [3.05, 3.63) is 35.9 Å². The van der Waals surface area contributed by atoms with E-state index < -0.39 is 0 Å². The number of rotatable bonds is 2. The van der Waals surface area contributed by atoms with Crippen molar-refractivity contribution in [2.45, 2.75) is 57.4 Å². The van der Waals surface area contributed by atoms with Crippen molar-refractivity contribution in [3.63, 3.8) is 0 Å². The lowest BCUT2D eigenvalue weighted by molar-refractivity contribution is -0.139. The molecule has 2 unspecified atom stereocenters. The summed E-state index contributed by atoms with van der Waals surface area (Å²) in [7, 11) is 0. The molecule has 3 saturated heterocycles. The Hall–Kier alpha value is -2.04. The maximum atomic E-state index is 13.6. The highest BCUT2D eigenvalue weighted by molar-refractivity contribution is 5.81. The Morgan fingerprint density at radius 1 is 0.750 bits per heavy atom. The van der Waals surface area contributed by atoms with Crippen molar-refractivity contribution in [2.24, 2.45) is 5.92 Å². The third-order valence-corrected chi connectivity index (χ3v) is 6.64. The molecule has 0 saturated carbocycles. The van der Waals surface area contributed by atoms with Crippen molar-refractivity contribution >= 4 is 11.9 Å². The number of benzene rings is 1. The maximum absolute atomic E-state index is 13.6. The van der Waals surface area contributed by atoms with Crippen LogP contribution in [0, 0.1) is 5.92 Å². The summed E-state index contributed by atoms with van der Waals surface area (Å²) < 4.78 is 0. The van der Waals surface area contributed by atoms with Crippen LogP contribution >= 0.6 is 0 Å². The Morgan fingerprint density at radius 3 is 2.25 bits per heavy atom. The lowest BCUT2D eigenvalue weighted by Crippen LogP contribution is -2.50. The van der Waals surface area contributed by atoms with Gasteiger partial charge in [-0.2, -0.15) is 0 Å². The molecule has 5 nitrogen and oxygen atoms in total. The highest BCUT2D eigenvalue weighted by Gasteiger charge is 2.36. The quantitative estimate of drug-likeness (QED) is 0.773. The van der Waals surface area contributed by atoms with Crippen molar-refractivity contribution in [1.82, 2.24) is 14.7 Å². The Bertz CT molecular complexity index is 672. The number of carbonyl (C=O) groups is 2. The van der Waals surface area contributed by atoms with Gasteiger partial charge >= 0.3 is 6.03 Å². The van der Waals surface area contributed by atoms with E-state index in [1.807, 2.05) is 15.9 Å². The Morgan fingerprint density at radius 2 is 1.46 bits per heavy atom. The second-order valence-electron chi connectivity index (χ2n) is 8.57. The minimum Gasteiger partial charge on any atom is -0.335 e. The van der Waals surface area contributed by atoms with Crippen LogP contribution in [-0.2, 0) is 4.79 Å². The Balaban J connectivity index is 1.47. The molecule has 3 heterocycles. The maximum Gasteiger partial charge on any atom is 0.320 e. The molecule has 0 N–H and O–H groups in total. The van der Waals surface area contributed by atoms with Gasteiger partial charge in [0.1, 0.15) is 0 Å². The third kappa shape index (κ3) is 4.18. The van der Waals surface area contributed by atoms with Crippen LogP contribution in [0.5, 0.6) is 0 Å². The van der Waals surface area contributed by atoms with E-state index in [-0.39, 0.29) is 23.9 Å². The molecule has 0 bridgehead atoms. The van der Waals surface area contributed by atoms with Crippen LogP contribution in [0.25, 0.3) is 0 Å². The van der Waals surface area contributed by atoms with Gasteiger partial charge in [-0.05, 0) is 44.1 Å². The number of amides is 3. The summed E-state index contributed by atoms with van der Waals surface area (Å²) in [6, 6.07) is 10.8. The SMILES string of the molecule is O=C(N1CCCC1)N1CCCC(C(=O)N2CCCCCC2c2ccccc2)C1. The van der Waals surface area contributed by atoms with E-state index in [4.69, 9.17) is 0 Å². The van der Waals surface area contributed by atoms with Gasteiger partial charge < -0.3 is 14.7 Å². The van der Waals surface area contributed by atoms with Gasteiger partial charge in [0.2, 0.25) is 5.91 Å². The summed E-state index contributed by atoms with van der Waals surface area (Å²) in [6.07, 6.45) is 8.53. The second-order valence-corrected chi connectivity index (χ2v) is 8.57. The molecule has 1 aromatic rings. The highest BCUT2D eigenvalue weighted by atomic mass is 16.2. The predicted molar refractivity (Wildman–Crippen MR) is 110 cm³/mol. The van der Waals surface area contributed by atoms with E-state index in [2.05, 4.69) is 29.2 Å². The third-order valence-electron chi connectivity index (χ3n) is 6.64. The van der Waals surface area contributed by atoms with Gasteiger partial charge in [-0.3, -0.25) is 4.79 Å². The van der Waals surface area contributed by atoms with Gasteiger partial charge in [-0.1, -0.05) is 43.2 Å². The predicted octanol–water partition coefficient (Wildman–Crippen LogP) is 4.06. The fourth-order valence-corrected chi connectivity index (χ4v) is 5.09. The largest absolute Gasteiger partial charge is 0.335 e. The molecule has 3 aliphatic rings. The minimum absolute atomic E-state index is 0.0513. The van der Waals surface area contributed by atoms with Crippen molar-refractivity contribution < 1.29 is 9.59 Å². The van der Waals surface area contributed by atoms with Gasteiger partial charge in [0, 0.05) is 32.7 Å². The smallest absolute Gasteiger partial charge is 0.320 e. The van der Waals surface area contributed by atoms with Gasteiger partial charge in [0.05, 0.1) is 12.0 Å². The van der Waals surface area contributed by atoms with Crippen molar-refractivity contribution in [3.8, 4) is 0 Å². The molecule has 1 aromatic carbocycles. The van der Waals surface area contributed by atoms with E-state index >= 15 is 0 Å². The van der Waals surface area contributed by atoms with E-state index in [1.54, 1.807) is 0 Å². The zero-order valence-electron chi connectivity index (χ0n) is 16.9. The summed E-state index contributed by atoms with van der Waals surface area (Å²) in [4.78, 5) is 32.4. The van der Waals surface area contributed by atoms with Gasteiger partial charge in [-0.15, -0.1) is 0 Å². The molecule has 0 spiro atoms. The fraction of sp³-hybridized carbons (Fsp3) is 0.652. The monoisotopic (exact) mass is 383 g/mol. The van der Waals surface area contributed by atoms with E-state index in [0.717, 1.165) is 64.7 Å². The Kier molecular flexibility index (Phi) is 6.18. The van der Waals surface area contributed by atoms with Gasteiger partial charge in [0.25, 0.3) is 0 Å². The standard InChI is InChI=1S/C23H33N3O2/c27-22(20-12-9-16-25(18-20)23(28)24-14-7-8-15-24)26-17-6-2-5-13-21(26)19-10-3-1-4-11-19/h1,3-4,10-11,20-21H,2,5-9,12-18H2. The van der Waals surface area contributed by atoms with E-state index in [0.29, 0.717) is 6.54 Å². The lowest BCUT2D eigenvalue weighted by atomic mass is 9.94.